The second kappa shape index (κ2) is 6.43. The summed E-state index contributed by atoms with van der Waals surface area (Å²) in [6, 6.07) is 12.1. The van der Waals surface area contributed by atoms with Gasteiger partial charge in [-0.05, 0) is 24.3 Å². The summed E-state index contributed by atoms with van der Waals surface area (Å²) in [5.41, 5.74) is 0.812. The number of nitriles is 1. The zero-order chi connectivity index (χ0) is 14.4. The Morgan fingerprint density at radius 1 is 1.05 bits per heavy atom. The lowest BCUT2D eigenvalue weighted by atomic mass is 10.1. The Labute approximate surface area is 114 Å². The molecule has 2 rings (SSSR count). The number of nitrogens with zero attached hydrogens (tertiary/aromatic N) is 2. The SMILES string of the molecule is N#Cc1cccc([C]=NOCc2c(F)cccc2F)c1. The molecule has 99 valence electrons. The summed E-state index contributed by atoms with van der Waals surface area (Å²) in [4.78, 5) is 4.81. The fourth-order valence-corrected chi connectivity index (χ4v) is 1.51. The molecule has 0 amide bonds. The van der Waals surface area contributed by atoms with Crippen molar-refractivity contribution in [2.24, 2.45) is 5.16 Å². The third-order valence-corrected chi connectivity index (χ3v) is 2.50. The van der Waals surface area contributed by atoms with Crippen LogP contribution in [0.2, 0.25) is 0 Å². The Balaban J connectivity index is 1.99. The summed E-state index contributed by atoms with van der Waals surface area (Å²) in [5.74, 6) is -1.38. The Bertz CT molecular complexity index is 658. The van der Waals surface area contributed by atoms with Gasteiger partial charge in [0.15, 0.2) is 0 Å². The first-order chi connectivity index (χ1) is 9.70. The van der Waals surface area contributed by atoms with Gasteiger partial charge < -0.3 is 4.84 Å². The van der Waals surface area contributed by atoms with Crippen LogP contribution in [0.15, 0.2) is 47.6 Å². The minimum atomic E-state index is -0.688. The normalized spacial score (nSPS) is 10.4. The number of hydrogen-bond donors (Lipinski definition) is 0. The predicted octanol–water partition coefficient (Wildman–Crippen LogP) is 3.26. The first-order valence-electron chi connectivity index (χ1n) is 5.72. The fraction of sp³-hybridized carbons (Fsp3) is 0.0667. The quantitative estimate of drug-likeness (QED) is 0.633. The highest BCUT2D eigenvalue weighted by atomic mass is 19.1. The molecule has 0 aliphatic heterocycles. The average molecular weight is 271 g/mol. The standard InChI is InChI=1S/C15H9F2N2O/c16-14-5-2-6-15(17)13(14)10-20-19-9-12-4-1-3-11(7-12)8-18/h1-7H,10H2. The topological polar surface area (TPSA) is 45.4 Å². The second-order valence-electron chi connectivity index (χ2n) is 3.87. The molecule has 20 heavy (non-hydrogen) atoms. The van der Waals surface area contributed by atoms with E-state index in [1.165, 1.54) is 6.07 Å². The summed E-state index contributed by atoms with van der Waals surface area (Å²) in [7, 11) is 0. The van der Waals surface area contributed by atoms with Crippen molar-refractivity contribution in [3.8, 4) is 6.07 Å². The molecule has 0 aromatic heterocycles. The van der Waals surface area contributed by atoms with Gasteiger partial charge in [-0.3, -0.25) is 0 Å². The maximum Gasteiger partial charge on any atom is 0.148 e. The molecule has 0 aliphatic carbocycles. The number of halogens is 2. The van der Waals surface area contributed by atoms with E-state index in [9.17, 15) is 8.78 Å². The minimum Gasteiger partial charge on any atom is -0.390 e. The first kappa shape index (κ1) is 13.7. The third kappa shape index (κ3) is 3.39. The second-order valence-corrected chi connectivity index (χ2v) is 3.87. The molecule has 0 saturated carbocycles. The molecular formula is C15H9F2N2O. The van der Waals surface area contributed by atoms with Gasteiger partial charge in [0.25, 0.3) is 0 Å². The van der Waals surface area contributed by atoms with Crippen LogP contribution in [0.25, 0.3) is 0 Å². The van der Waals surface area contributed by atoms with E-state index >= 15 is 0 Å². The highest BCUT2D eigenvalue weighted by molar-refractivity contribution is 5.79. The highest BCUT2D eigenvalue weighted by Crippen LogP contribution is 2.13. The Kier molecular flexibility index (Phi) is 4.40. The molecule has 0 unspecified atom stereocenters. The fourth-order valence-electron chi connectivity index (χ4n) is 1.51. The van der Waals surface area contributed by atoms with Gasteiger partial charge in [-0.15, -0.1) is 0 Å². The lowest BCUT2D eigenvalue weighted by Crippen LogP contribution is -1.96. The first-order valence-corrected chi connectivity index (χ1v) is 5.72. The van der Waals surface area contributed by atoms with Crippen LogP contribution >= 0.6 is 0 Å². The van der Waals surface area contributed by atoms with Crippen molar-refractivity contribution in [1.29, 1.82) is 5.26 Å². The van der Waals surface area contributed by atoms with E-state index in [1.54, 1.807) is 24.3 Å². The molecule has 0 heterocycles. The molecule has 0 N–H and O–H groups in total. The van der Waals surface area contributed by atoms with Gasteiger partial charge in [-0.1, -0.05) is 23.4 Å². The molecule has 2 aromatic carbocycles. The van der Waals surface area contributed by atoms with Gasteiger partial charge >= 0.3 is 0 Å². The maximum atomic E-state index is 13.3. The molecule has 5 heteroatoms. The minimum absolute atomic E-state index is 0.191. The van der Waals surface area contributed by atoms with Crippen molar-refractivity contribution in [2.75, 3.05) is 0 Å². The van der Waals surface area contributed by atoms with Crippen LogP contribution in [0.4, 0.5) is 8.78 Å². The molecule has 1 radical (unpaired) electrons. The largest absolute Gasteiger partial charge is 0.390 e. The van der Waals surface area contributed by atoms with Gasteiger partial charge in [-0.2, -0.15) is 5.26 Å². The lowest BCUT2D eigenvalue weighted by molar-refractivity contribution is 0.126. The van der Waals surface area contributed by atoms with E-state index < -0.39 is 11.6 Å². The van der Waals surface area contributed by atoms with Crippen LogP contribution in [0.3, 0.4) is 0 Å². The van der Waals surface area contributed by atoms with Crippen LogP contribution in [0.5, 0.6) is 0 Å². The van der Waals surface area contributed by atoms with Crippen molar-refractivity contribution >= 4 is 6.21 Å². The van der Waals surface area contributed by atoms with Crippen LogP contribution in [-0.4, -0.2) is 6.21 Å². The molecule has 0 fully saturated rings. The monoisotopic (exact) mass is 271 g/mol. The van der Waals surface area contributed by atoms with Crippen LogP contribution < -0.4 is 0 Å². The number of hydrogen-bond acceptors (Lipinski definition) is 3. The van der Waals surface area contributed by atoms with Gasteiger partial charge in [0.05, 0.1) is 17.2 Å². The van der Waals surface area contributed by atoms with E-state index in [-0.39, 0.29) is 12.2 Å². The number of benzene rings is 2. The van der Waals surface area contributed by atoms with Gasteiger partial charge in [0.1, 0.15) is 24.5 Å². The molecule has 0 saturated heterocycles. The molecule has 0 atom stereocenters. The summed E-state index contributed by atoms with van der Waals surface area (Å²) >= 11 is 0. The van der Waals surface area contributed by atoms with Crippen LogP contribution in [0, 0.1) is 23.0 Å². The molecule has 0 bridgehead atoms. The van der Waals surface area contributed by atoms with Crippen molar-refractivity contribution in [3.63, 3.8) is 0 Å². The van der Waals surface area contributed by atoms with Crippen molar-refractivity contribution in [1.82, 2.24) is 0 Å². The van der Waals surface area contributed by atoms with E-state index in [4.69, 9.17) is 10.1 Å². The van der Waals surface area contributed by atoms with E-state index in [0.29, 0.717) is 11.1 Å². The molecule has 0 aliphatic rings. The Morgan fingerprint density at radius 2 is 1.70 bits per heavy atom. The van der Waals surface area contributed by atoms with Crippen molar-refractivity contribution in [2.45, 2.75) is 6.61 Å². The molecule has 3 nitrogen and oxygen atoms in total. The van der Waals surface area contributed by atoms with E-state index in [1.807, 2.05) is 6.07 Å². The zero-order valence-electron chi connectivity index (χ0n) is 10.3. The van der Waals surface area contributed by atoms with Gasteiger partial charge in [0, 0.05) is 5.56 Å². The maximum absolute atomic E-state index is 13.3. The average Bonchev–Trinajstić information content (AvgIpc) is 2.46. The Morgan fingerprint density at radius 3 is 2.40 bits per heavy atom. The Hall–Kier alpha value is -2.74. The molecule has 2 aromatic rings. The van der Waals surface area contributed by atoms with Crippen LogP contribution in [-0.2, 0) is 11.4 Å². The van der Waals surface area contributed by atoms with Gasteiger partial charge in [0.2, 0.25) is 0 Å². The summed E-state index contributed by atoms with van der Waals surface area (Å²) in [5, 5.41) is 12.2. The summed E-state index contributed by atoms with van der Waals surface area (Å²) < 4.78 is 26.6. The van der Waals surface area contributed by atoms with Crippen molar-refractivity contribution < 1.29 is 13.6 Å². The highest BCUT2D eigenvalue weighted by Gasteiger charge is 2.08. The summed E-state index contributed by atoms with van der Waals surface area (Å²) in [6.45, 7) is -0.330. The predicted molar refractivity (Wildman–Crippen MR) is 68.8 cm³/mol. The molecule has 0 spiro atoms. The summed E-state index contributed by atoms with van der Waals surface area (Å²) in [6.07, 6.45) is 2.54. The van der Waals surface area contributed by atoms with Crippen LogP contribution in [0.1, 0.15) is 16.7 Å². The van der Waals surface area contributed by atoms with Gasteiger partial charge in [-0.25, -0.2) is 8.78 Å². The van der Waals surface area contributed by atoms with Crippen molar-refractivity contribution in [3.05, 3.63) is 70.8 Å². The molecular weight excluding hydrogens is 262 g/mol. The third-order valence-electron chi connectivity index (χ3n) is 2.50. The zero-order valence-corrected chi connectivity index (χ0v) is 10.3. The lowest BCUT2D eigenvalue weighted by Gasteiger charge is -2.02. The van der Waals surface area contributed by atoms with E-state index in [0.717, 1.165) is 12.1 Å². The smallest absolute Gasteiger partial charge is 0.148 e. The number of rotatable bonds is 4. The van der Waals surface area contributed by atoms with E-state index in [2.05, 4.69) is 11.4 Å².